The molecular formula is C22H26N2O3S. The molecule has 1 amide bonds. The van der Waals surface area contributed by atoms with E-state index in [1.54, 1.807) is 16.7 Å². The molecule has 1 saturated heterocycles. The van der Waals surface area contributed by atoms with Crippen molar-refractivity contribution >= 4 is 22.8 Å². The van der Waals surface area contributed by atoms with E-state index in [1.165, 1.54) is 0 Å². The van der Waals surface area contributed by atoms with Crippen LogP contribution in [-0.4, -0.2) is 40.5 Å². The molecule has 0 unspecified atom stereocenters. The Hall–Kier alpha value is -2.47. The van der Waals surface area contributed by atoms with Gasteiger partial charge in [0.2, 0.25) is 0 Å². The second-order valence-electron chi connectivity index (χ2n) is 7.08. The molecule has 0 N–H and O–H groups in total. The van der Waals surface area contributed by atoms with Gasteiger partial charge in [0.25, 0.3) is 5.91 Å². The zero-order valence-electron chi connectivity index (χ0n) is 16.6. The lowest BCUT2D eigenvalue weighted by Crippen LogP contribution is -2.48. The van der Waals surface area contributed by atoms with Crippen LogP contribution in [0.5, 0.6) is 11.5 Å². The van der Waals surface area contributed by atoms with Gasteiger partial charge in [-0.3, -0.25) is 14.7 Å². The summed E-state index contributed by atoms with van der Waals surface area (Å²) in [6.45, 7) is 7.06. The smallest absolute Gasteiger partial charge is 0.267 e. The van der Waals surface area contributed by atoms with Gasteiger partial charge >= 0.3 is 0 Å². The second-order valence-corrected chi connectivity index (χ2v) is 8.03. The molecule has 3 rings (SSSR count). The Morgan fingerprint density at radius 3 is 2.39 bits per heavy atom. The Balaban J connectivity index is 1.70. The van der Waals surface area contributed by atoms with Crippen molar-refractivity contribution in [2.75, 3.05) is 19.0 Å². The van der Waals surface area contributed by atoms with Crippen LogP contribution in [-0.2, 0) is 11.3 Å². The van der Waals surface area contributed by atoms with Gasteiger partial charge in [0, 0.05) is 5.75 Å². The summed E-state index contributed by atoms with van der Waals surface area (Å²) in [5.41, 5.74) is 0.815. The molecule has 28 heavy (non-hydrogen) atoms. The summed E-state index contributed by atoms with van der Waals surface area (Å²) in [4.78, 5) is 19.5. The van der Waals surface area contributed by atoms with Gasteiger partial charge in [-0.05, 0) is 38.5 Å². The van der Waals surface area contributed by atoms with Gasteiger partial charge in [0.15, 0.2) is 23.3 Å². The average molecular weight is 399 g/mol. The Kier molecular flexibility index (Phi) is 6.62. The van der Waals surface area contributed by atoms with E-state index in [4.69, 9.17) is 14.5 Å². The Labute approximate surface area is 170 Å². The number of carbonyl (C=O) groups excluding carboxylic acids is 1. The number of rotatable bonds is 7. The van der Waals surface area contributed by atoms with Gasteiger partial charge in [-0.25, -0.2) is 0 Å². The normalized spacial score (nSPS) is 17.0. The molecule has 0 aromatic heterocycles. The maximum absolute atomic E-state index is 13.0. The highest BCUT2D eigenvalue weighted by Crippen LogP contribution is 2.33. The van der Waals surface area contributed by atoms with Crippen molar-refractivity contribution in [2.24, 2.45) is 4.99 Å². The van der Waals surface area contributed by atoms with Crippen molar-refractivity contribution in [3.63, 3.8) is 0 Å². The topological polar surface area (TPSA) is 51.1 Å². The number of benzene rings is 2. The van der Waals surface area contributed by atoms with E-state index in [2.05, 4.69) is 13.8 Å². The lowest BCUT2D eigenvalue weighted by atomic mass is 10.1. The minimum Gasteiger partial charge on any atom is -0.490 e. The van der Waals surface area contributed by atoms with E-state index in [0.717, 1.165) is 16.5 Å². The molecule has 148 valence electrons. The zero-order chi connectivity index (χ0) is 20.0. The van der Waals surface area contributed by atoms with E-state index in [9.17, 15) is 4.79 Å². The minimum atomic E-state index is -0.305. The summed E-state index contributed by atoms with van der Waals surface area (Å²) in [6, 6.07) is 17.4. The van der Waals surface area contributed by atoms with Crippen molar-refractivity contribution in [1.29, 1.82) is 0 Å². The maximum Gasteiger partial charge on any atom is 0.267 e. The van der Waals surface area contributed by atoms with Crippen LogP contribution in [0.15, 0.2) is 59.6 Å². The SMILES string of the molecule is CCOc1ccccc1OCC(=O)N1C(=NCc2ccccc2)SCC1(C)C. The van der Waals surface area contributed by atoms with Crippen LogP contribution in [0.1, 0.15) is 26.3 Å². The molecule has 0 saturated carbocycles. The number of amides is 1. The Morgan fingerprint density at radius 1 is 1.07 bits per heavy atom. The zero-order valence-corrected chi connectivity index (χ0v) is 17.4. The number of thioether (sulfide) groups is 1. The molecule has 0 spiro atoms. The van der Waals surface area contributed by atoms with E-state index < -0.39 is 0 Å². The molecule has 5 nitrogen and oxygen atoms in total. The monoisotopic (exact) mass is 398 g/mol. The number of hydrogen-bond donors (Lipinski definition) is 0. The third-order valence-electron chi connectivity index (χ3n) is 4.34. The summed E-state index contributed by atoms with van der Waals surface area (Å²) in [5, 5.41) is 0.751. The molecule has 0 atom stereocenters. The molecule has 0 aliphatic carbocycles. The van der Waals surface area contributed by atoms with Crippen molar-refractivity contribution in [3.05, 3.63) is 60.2 Å². The molecule has 1 aliphatic rings. The number of aliphatic imine (C=N–C) groups is 1. The first-order valence-electron chi connectivity index (χ1n) is 9.40. The first kappa shape index (κ1) is 20.3. The summed E-state index contributed by atoms with van der Waals surface area (Å²) in [6.07, 6.45) is 0. The number of carbonyl (C=O) groups is 1. The van der Waals surface area contributed by atoms with E-state index in [0.29, 0.717) is 24.7 Å². The number of amidine groups is 1. The summed E-state index contributed by atoms with van der Waals surface area (Å²) >= 11 is 1.61. The van der Waals surface area contributed by atoms with Crippen molar-refractivity contribution in [1.82, 2.24) is 4.90 Å². The van der Waals surface area contributed by atoms with Crippen molar-refractivity contribution in [2.45, 2.75) is 32.9 Å². The van der Waals surface area contributed by atoms with Gasteiger partial charge in [-0.1, -0.05) is 54.2 Å². The van der Waals surface area contributed by atoms with Gasteiger partial charge in [0.1, 0.15) is 0 Å². The predicted octanol–water partition coefficient (Wildman–Crippen LogP) is 4.37. The number of hydrogen-bond acceptors (Lipinski definition) is 5. The number of ether oxygens (including phenoxy) is 2. The van der Waals surface area contributed by atoms with Crippen LogP contribution in [0.3, 0.4) is 0 Å². The van der Waals surface area contributed by atoms with Gasteiger partial charge in [-0.2, -0.15) is 0 Å². The third-order valence-corrected chi connectivity index (χ3v) is 5.76. The van der Waals surface area contributed by atoms with Crippen LogP contribution in [0.25, 0.3) is 0 Å². The highest BCUT2D eigenvalue weighted by molar-refractivity contribution is 8.14. The quantitative estimate of drug-likeness (QED) is 0.695. The van der Waals surface area contributed by atoms with E-state index >= 15 is 0 Å². The third kappa shape index (κ3) is 4.87. The molecule has 0 bridgehead atoms. The van der Waals surface area contributed by atoms with E-state index in [1.807, 2.05) is 61.5 Å². The van der Waals surface area contributed by atoms with Crippen LogP contribution in [0.4, 0.5) is 0 Å². The van der Waals surface area contributed by atoms with Crippen molar-refractivity contribution < 1.29 is 14.3 Å². The fourth-order valence-corrected chi connectivity index (χ4v) is 4.23. The van der Waals surface area contributed by atoms with Crippen LogP contribution in [0, 0.1) is 0 Å². The number of nitrogens with zero attached hydrogens (tertiary/aromatic N) is 2. The first-order valence-corrected chi connectivity index (χ1v) is 10.4. The highest BCUT2D eigenvalue weighted by atomic mass is 32.2. The lowest BCUT2D eigenvalue weighted by molar-refractivity contribution is -0.132. The van der Waals surface area contributed by atoms with Gasteiger partial charge < -0.3 is 9.47 Å². The number of para-hydroxylation sites is 2. The molecule has 2 aromatic rings. The largest absolute Gasteiger partial charge is 0.490 e. The second kappa shape index (κ2) is 9.15. The first-order chi connectivity index (χ1) is 13.5. The van der Waals surface area contributed by atoms with Crippen molar-refractivity contribution in [3.8, 4) is 11.5 Å². The summed E-state index contributed by atoms with van der Waals surface area (Å²) < 4.78 is 11.4. The molecule has 0 radical (unpaired) electrons. The molecular weight excluding hydrogens is 372 g/mol. The lowest BCUT2D eigenvalue weighted by Gasteiger charge is -2.30. The Morgan fingerprint density at radius 2 is 1.71 bits per heavy atom. The predicted molar refractivity (Wildman–Crippen MR) is 114 cm³/mol. The maximum atomic E-state index is 13.0. The fraction of sp³-hybridized carbons (Fsp3) is 0.364. The van der Waals surface area contributed by atoms with Gasteiger partial charge in [0.05, 0.1) is 18.7 Å². The van der Waals surface area contributed by atoms with Crippen LogP contribution < -0.4 is 9.47 Å². The molecule has 1 aliphatic heterocycles. The minimum absolute atomic E-state index is 0.0571. The summed E-state index contributed by atoms with van der Waals surface area (Å²) in [5.74, 6) is 1.92. The fourth-order valence-electron chi connectivity index (χ4n) is 2.98. The average Bonchev–Trinajstić information content (AvgIpc) is 3.01. The summed E-state index contributed by atoms with van der Waals surface area (Å²) in [7, 11) is 0. The standard InChI is InChI=1S/C22H26N2O3S/c1-4-26-18-12-8-9-13-19(18)27-15-20(25)24-21(28-16-22(24,2)3)23-14-17-10-6-5-7-11-17/h5-13H,4,14-16H2,1-3H3. The van der Waals surface area contributed by atoms with Crippen LogP contribution >= 0.6 is 11.8 Å². The molecule has 1 heterocycles. The Bertz CT molecular complexity index is 837. The van der Waals surface area contributed by atoms with Gasteiger partial charge in [-0.15, -0.1) is 0 Å². The van der Waals surface area contributed by atoms with Crippen LogP contribution in [0.2, 0.25) is 0 Å². The highest BCUT2D eigenvalue weighted by Gasteiger charge is 2.41. The molecule has 1 fully saturated rings. The van der Waals surface area contributed by atoms with E-state index in [-0.39, 0.29) is 18.1 Å². The molecule has 6 heteroatoms. The molecule has 2 aromatic carbocycles.